The molecule has 1 aromatic heterocycles. The lowest BCUT2D eigenvalue weighted by atomic mass is 10.3. The highest BCUT2D eigenvalue weighted by Gasteiger charge is 2.04. The fourth-order valence-corrected chi connectivity index (χ4v) is 2.08. The molecule has 1 aromatic rings. The predicted octanol–water partition coefficient (Wildman–Crippen LogP) is 1.27. The van der Waals surface area contributed by atoms with E-state index in [0.29, 0.717) is 11.6 Å². The Kier molecular flexibility index (Phi) is 4.55. The van der Waals surface area contributed by atoms with Gasteiger partial charge in [0.05, 0.1) is 7.11 Å². The van der Waals surface area contributed by atoms with Crippen LogP contribution in [0.15, 0.2) is 18.3 Å². The van der Waals surface area contributed by atoms with Crippen molar-refractivity contribution >= 4 is 16.5 Å². The molecule has 0 bridgehead atoms. The second-order valence-electron chi connectivity index (χ2n) is 3.37. The van der Waals surface area contributed by atoms with Crippen LogP contribution in [-0.4, -0.2) is 34.4 Å². The van der Waals surface area contributed by atoms with Crippen molar-refractivity contribution in [2.24, 2.45) is 0 Å². The summed E-state index contributed by atoms with van der Waals surface area (Å²) in [4.78, 5) is 4.00. The maximum atomic E-state index is 11.0. The molecule has 0 aliphatic rings. The van der Waals surface area contributed by atoms with Crippen molar-refractivity contribution in [3.63, 3.8) is 0 Å². The summed E-state index contributed by atoms with van der Waals surface area (Å²) < 4.78 is 16.0. The van der Waals surface area contributed by atoms with Gasteiger partial charge in [-0.25, -0.2) is 4.98 Å². The van der Waals surface area contributed by atoms with Crippen molar-refractivity contribution in [3.05, 3.63) is 18.3 Å². The van der Waals surface area contributed by atoms with Crippen LogP contribution in [0, 0.1) is 0 Å². The van der Waals surface area contributed by atoms with Crippen molar-refractivity contribution in [3.8, 4) is 5.88 Å². The van der Waals surface area contributed by atoms with Gasteiger partial charge < -0.3 is 10.1 Å². The lowest BCUT2D eigenvalue weighted by Crippen LogP contribution is -2.22. The molecular weight excluding hydrogens is 212 g/mol. The van der Waals surface area contributed by atoms with E-state index in [1.165, 1.54) is 0 Å². The minimum atomic E-state index is -0.786. The van der Waals surface area contributed by atoms with Crippen molar-refractivity contribution in [2.45, 2.75) is 13.0 Å². The fraction of sp³-hybridized carbons (Fsp3) is 0.500. The van der Waals surface area contributed by atoms with Crippen LogP contribution < -0.4 is 10.1 Å². The van der Waals surface area contributed by atoms with Gasteiger partial charge in [0.2, 0.25) is 5.88 Å². The highest BCUT2D eigenvalue weighted by molar-refractivity contribution is 7.84. The molecule has 1 heterocycles. The van der Waals surface area contributed by atoms with Crippen molar-refractivity contribution < 1.29 is 8.95 Å². The SMILES string of the molecule is COc1cc(NC(C)CS(C)=O)ccn1. The Morgan fingerprint density at radius 2 is 2.40 bits per heavy atom. The molecule has 1 N–H and O–H groups in total. The second-order valence-corrected chi connectivity index (χ2v) is 4.85. The number of hydrogen-bond donors (Lipinski definition) is 1. The number of methoxy groups -OCH3 is 1. The summed E-state index contributed by atoms with van der Waals surface area (Å²) in [6.45, 7) is 1.99. The van der Waals surface area contributed by atoms with Gasteiger partial charge in [-0.15, -0.1) is 0 Å². The molecule has 0 saturated carbocycles. The molecule has 0 saturated heterocycles. The topological polar surface area (TPSA) is 51.2 Å². The molecule has 0 spiro atoms. The highest BCUT2D eigenvalue weighted by atomic mass is 32.2. The van der Waals surface area contributed by atoms with Crippen LogP contribution in [0.5, 0.6) is 5.88 Å². The Balaban J connectivity index is 2.59. The van der Waals surface area contributed by atoms with Gasteiger partial charge >= 0.3 is 0 Å². The van der Waals surface area contributed by atoms with Gasteiger partial charge in [-0.1, -0.05) is 0 Å². The van der Waals surface area contributed by atoms with Crippen LogP contribution in [0.2, 0.25) is 0 Å². The fourth-order valence-electron chi connectivity index (χ4n) is 1.29. The third kappa shape index (κ3) is 4.29. The molecule has 1 rings (SSSR count). The Bertz CT molecular complexity index is 344. The minimum Gasteiger partial charge on any atom is -0.481 e. The number of nitrogens with one attached hydrogen (secondary N) is 1. The first-order chi connectivity index (χ1) is 7.11. The average Bonchev–Trinajstić information content (AvgIpc) is 2.16. The summed E-state index contributed by atoms with van der Waals surface area (Å²) in [7, 11) is 0.794. The summed E-state index contributed by atoms with van der Waals surface area (Å²) in [5, 5.41) is 3.23. The predicted molar refractivity (Wildman–Crippen MR) is 62.8 cm³/mol. The molecular formula is C10H16N2O2S. The van der Waals surface area contributed by atoms with Crippen LogP contribution in [-0.2, 0) is 10.8 Å². The molecule has 0 aliphatic carbocycles. The van der Waals surface area contributed by atoms with E-state index in [2.05, 4.69) is 10.3 Å². The zero-order valence-electron chi connectivity index (χ0n) is 9.19. The number of pyridine rings is 1. The highest BCUT2D eigenvalue weighted by Crippen LogP contribution is 2.14. The number of nitrogens with zero attached hydrogens (tertiary/aromatic N) is 1. The summed E-state index contributed by atoms with van der Waals surface area (Å²) >= 11 is 0. The standard InChI is InChI=1S/C10H16N2O2S/c1-8(7-15(3)13)12-9-4-5-11-10(6-9)14-2/h4-6,8H,7H2,1-3H3,(H,11,12). The number of rotatable bonds is 5. The Morgan fingerprint density at radius 1 is 1.67 bits per heavy atom. The van der Waals surface area contributed by atoms with Crippen LogP contribution in [0.1, 0.15) is 6.92 Å². The maximum absolute atomic E-state index is 11.0. The monoisotopic (exact) mass is 228 g/mol. The molecule has 0 aliphatic heterocycles. The normalized spacial score (nSPS) is 14.3. The summed E-state index contributed by atoms with van der Waals surface area (Å²) in [5.74, 6) is 1.20. The van der Waals surface area contributed by atoms with Gasteiger partial charge in [-0.05, 0) is 13.0 Å². The first kappa shape index (κ1) is 12.0. The molecule has 5 heteroatoms. The van der Waals surface area contributed by atoms with E-state index >= 15 is 0 Å². The van der Waals surface area contributed by atoms with Gasteiger partial charge in [0.25, 0.3) is 0 Å². The van der Waals surface area contributed by atoms with Crippen molar-refractivity contribution in [1.29, 1.82) is 0 Å². The average molecular weight is 228 g/mol. The lowest BCUT2D eigenvalue weighted by molar-refractivity contribution is 0.398. The third-order valence-electron chi connectivity index (χ3n) is 1.84. The molecule has 0 fully saturated rings. The Labute approximate surface area is 92.5 Å². The van der Waals surface area contributed by atoms with Gasteiger partial charge in [-0.3, -0.25) is 4.21 Å². The van der Waals surface area contributed by atoms with E-state index in [0.717, 1.165) is 5.69 Å². The Morgan fingerprint density at radius 3 is 3.00 bits per heavy atom. The second kappa shape index (κ2) is 5.70. The zero-order chi connectivity index (χ0) is 11.3. The largest absolute Gasteiger partial charge is 0.481 e. The van der Waals surface area contributed by atoms with E-state index in [-0.39, 0.29) is 6.04 Å². The molecule has 84 valence electrons. The van der Waals surface area contributed by atoms with Crippen molar-refractivity contribution in [1.82, 2.24) is 4.98 Å². The molecule has 0 amide bonds. The molecule has 0 radical (unpaired) electrons. The number of aromatic nitrogens is 1. The van der Waals surface area contributed by atoms with Gasteiger partial charge in [0.1, 0.15) is 0 Å². The van der Waals surface area contributed by atoms with Crippen molar-refractivity contribution in [2.75, 3.05) is 24.4 Å². The summed E-state index contributed by atoms with van der Waals surface area (Å²) in [5.41, 5.74) is 0.930. The molecule has 15 heavy (non-hydrogen) atoms. The van der Waals surface area contributed by atoms with E-state index in [4.69, 9.17) is 4.74 Å². The van der Waals surface area contributed by atoms with Crippen LogP contribution in [0.25, 0.3) is 0 Å². The van der Waals surface area contributed by atoms with E-state index in [1.54, 1.807) is 19.6 Å². The maximum Gasteiger partial charge on any atom is 0.214 e. The third-order valence-corrected chi connectivity index (χ3v) is 2.81. The first-order valence-electron chi connectivity index (χ1n) is 4.68. The van der Waals surface area contributed by atoms with Crippen LogP contribution >= 0.6 is 0 Å². The first-order valence-corrected chi connectivity index (χ1v) is 6.41. The summed E-state index contributed by atoms with van der Waals surface area (Å²) in [6.07, 6.45) is 3.38. The van der Waals surface area contributed by atoms with Crippen LogP contribution in [0.4, 0.5) is 5.69 Å². The molecule has 0 aromatic carbocycles. The quantitative estimate of drug-likeness (QED) is 0.824. The van der Waals surface area contributed by atoms with E-state index in [9.17, 15) is 4.21 Å². The molecule has 2 unspecified atom stereocenters. The number of anilines is 1. The van der Waals surface area contributed by atoms with E-state index in [1.807, 2.05) is 19.1 Å². The Hall–Kier alpha value is -1.10. The zero-order valence-corrected chi connectivity index (χ0v) is 10.0. The number of ether oxygens (including phenoxy) is 1. The van der Waals surface area contributed by atoms with Gasteiger partial charge in [0.15, 0.2) is 0 Å². The summed E-state index contributed by atoms with van der Waals surface area (Å²) in [6, 6.07) is 3.84. The van der Waals surface area contributed by atoms with Gasteiger partial charge in [0, 0.05) is 46.8 Å². The lowest BCUT2D eigenvalue weighted by Gasteiger charge is -2.13. The van der Waals surface area contributed by atoms with Gasteiger partial charge in [-0.2, -0.15) is 0 Å². The molecule has 2 atom stereocenters. The van der Waals surface area contributed by atoms with E-state index < -0.39 is 10.8 Å². The van der Waals surface area contributed by atoms with Crippen LogP contribution in [0.3, 0.4) is 0 Å². The minimum absolute atomic E-state index is 0.169. The number of hydrogen-bond acceptors (Lipinski definition) is 4. The smallest absolute Gasteiger partial charge is 0.214 e. The molecule has 4 nitrogen and oxygen atoms in total.